The maximum Gasteiger partial charge on any atom is 0.123 e. The highest BCUT2D eigenvalue weighted by atomic mass is 79.9. The molecule has 106 valence electrons. The summed E-state index contributed by atoms with van der Waals surface area (Å²) in [5, 5.41) is 3.33. The average Bonchev–Trinajstić information content (AvgIpc) is 2.82. The molecule has 0 spiro atoms. The van der Waals surface area contributed by atoms with Crippen LogP contribution < -0.4 is 10.1 Å². The van der Waals surface area contributed by atoms with Crippen LogP contribution in [0.5, 0.6) is 5.75 Å². The first kappa shape index (κ1) is 14.8. The number of hydrogen-bond donors (Lipinski definition) is 1. The zero-order valence-electron chi connectivity index (χ0n) is 11.9. The Kier molecular flexibility index (Phi) is 5.25. The van der Waals surface area contributed by atoms with Gasteiger partial charge in [0.1, 0.15) is 5.75 Å². The van der Waals surface area contributed by atoms with Gasteiger partial charge in [-0.1, -0.05) is 22.9 Å². The lowest BCUT2D eigenvalue weighted by Gasteiger charge is -2.29. The monoisotopic (exact) mass is 326 g/mol. The van der Waals surface area contributed by atoms with Crippen molar-refractivity contribution in [1.29, 1.82) is 0 Å². The summed E-state index contributed by atoms with van der Waals surface area (Å²) in [7, 11) is 3.79. The molecule has 0 aliphatic carbocycles. The Labute approximate surface area is 124 Å². The fourth-order valence-corrected chi connectivity index (χ4v) is 3.52. The molecule has 0 radical (unpaired) electrons. The maximum absolute atomic E-state index is 5.56. The van der Waals surface area contributed by atoms with Gasteiger partial charge in [-0.3, -0.25) is 4.90 Å². The summed E-state index contributed by atoms with van der Waals surface area (Å²) in [5.41, 5.74) is 1.30. The van der Waals surface area contributed by atoms with Gasteiger partial charge in [0.15, 0.2) is 0 Å². The molecule has 0 amide bonds. The number of likely N-dealkylation sites (tertiary alicyclic amines) is 1. The zero-order valence-corrected chi connectivity index (χ0v) is 13.5. The standard InChI is InChI=1S/C15H23BrN2O/c1-4-18-8-7-11(10-17-2)15(18)13-9-12(16)5-6-14(13)19-3/h5-6,9,11,15,17H,4,7-8,10H2,1-3H3. The van der Waals surface area contributed by atoms with Crippen molar-refractivity contribution in [3.05, 3.63) is 28.2 Å². The van der Waals surface area contributed by atoms with E-state index in [1.807, 2.05) is 13.1 Å². The second kappa shape index (κ2) is 6.73. The van der Waals surface area contributed by atoms with Crippen molar-refractivity contribution in [3.8, 4) is 5.75 Å². The highest BCUT2D eigenvalue weighted by Gasteiger charge is 2.35. The van der Waals surface area contributed by atoms with Crippen molar-refractivity contribution in [2.75, 3.05) is 33.8 Å². The van der Waals surface area contributed by atoms with Gasteiger partial charge in [-0.2, -0.15) is 0 Å². The molecule has 1 N–H and O–H groups in total. The molecule has 1 heterocycles. The van der Waals surface area contributed by atoms with Crippen LogP contribution in [0.3, 0.4) is 0 Å². The van der Waals surface area contributed by atoms with E-state index in [4.69, 9.17) is 4.74 Å². The summed E-state index contributed by atoms with van der Waals surface area (Å²) < 4.78 is 6.68. The smallest absolute Gasteiger partial charge is 0.123 e. The van der Waals surface area contributed by atoms with Gasteiger partial charge < -0.3 is 10.1 Å². The fraction of sp³-hybridized carbons (Fsp3) is 0.600. The van der Waals surface area contributed by atoms with Gasteiger partial charge in [-0.25, -0.2) is 0 Å². The number of hydrogen-bond acceptors (Lipinski definition) is 3. The molecule has 1 aliphatic rings. The fourth-order valence-electron chi connectivity index (χ4n) is 3.14. The van der Waals surface area contributed by atoms with Gasteiger partial charge in [0.2, 0.25) is 0 Å². The molecule has 0 saturated carbocycles. The van der Waals surface area contributed by atoms with Crippen molar-refractivity contribution in [1.82, 2.24) is 10.2 Å². The molecule has 0 aromatic heterocycles. The third kappa shape index (κ3) is 3.12. The first-order valence-electron chi connectivity index (χ1n) is 6.93. The zero-order chi connectivity index (χ0) is 13.8. The summed E-state index contributed by atoms with van der Waals surface area (Å²) in [6.07, 6.45) is 1.25. The predicted octanol–water partition coefficient (Wildman–Crippen LogP) is 3.06. The molecule has 1 aromatic rings. The lowest BCUT2D eigenvalue weighted by atomic mass is 9.93. The summed E-state index contributed by atoms with van der Waals surface area (Å²) in [6, 6.07) is 6.76. The molecule has 4 heteroatoms. The lowest BCUT2D eigenvalue weighted by molar-refractivity contribution is 0.232. The van der Waals surface area contributed by atoms with Crippen molar-refractivity contribution in [2.45, 2.75) is 19.4 Å². The molecule has 1 aliphatic heterocycles. The van der Waals surface area contributed by atoms with Crippen LogP contribution in [0.2, 0.25) is 0 Å². The molecule has 1 saturated heterocycles. The third-order valence-electron chi connectivity index (χ3n) is 4.01. The van der Waals surface area contributed by atoms with Crippen LogP contribution in [-0.4, -0.2) is 38.7 Å². The van der Waals surface area contributed by atoms with Crippen molar-refractivity contribution >= 4 is 15.9 Å². The van der Waals surface area contributed by atoms with Gasteiger partial charge >= 0.3 is 0 Å². The van der Waals surface area contributed by atoms with Crippen LogP contribution in [0, 0.1) is 5.92 Å². The van der Waals surface area contributed by atoms with E-state index < -0.39 is 0 Å². The molecule has 19 heavy (non-hydrogen) atoms. The van der Waals surface area contributed by atoms with E-state index in [1.165, 1.54) is 18.5 Å². The molecular weight excluding hydrogens is 304 g/mol. The van der Waals surface area contributed by atoms with E-state index in [2.05, 4.69) is 45.2 Å². The minimum Gasteiger partial charge on any atom is -0.496 e. The number of benzene rings is 1. The van der Waals surface area contributed by atoms with E-state index in [9.17, 15) is 0 Å². The van der Waals surface area contributed by atoms with E-state index in [1.54, 1.807) is 7.11 Å². The van der Waals surface area contributed by atoms with Crippen molar-refractivity contribution in [2.24, 2.45) is 5.92 Å². The Bertz CT molecular complexity index is 425. The van der Waals surface area contributed by atoms with Crippen LogP contribution in [0.1, 0.15) is 24.9 Å². The number of halogens is 1. The molecular formula is C15H23BrN2O. The van der Waals surface area contributed by atoms with Crippen molar-refractivity contribution in [3.63, 3.8) is 0 Å². The molecule has 2 unspecified atom stereocenters. The summed E-state index contributed by atoms with van der Waals surface area (Å²) in [4.78, 5) is 2.55. The Balaban J connectivity index is 2.37. The number of rotatable bonds is 5. The molecule has 2 rings (SSSR count). The Morgan fingerprint density at radius 2 is 2.26 bits per heavy atom. The van der Waals surface area contributed by atoms with E-state index in [-0.39, 0.29) is 0 Å². The minimum atomic E-state index is 0.449. The topological polar surface area (TPSA) is 24.5 Å². The summed E-state index contributed by atoms with van der Waals surface area (Å²) in [6.45, 7) is 5.54. The first-order valence-corrected chi connectivity index (χ1v) is 7.72. The second-order valence-corrected chi connectivity index (χ2v) is 5.98. The Hall–Kier alpha value is -0.580. The minimum absolute atomic E-state index is 0.449. The van der Waals surface area contributed by atoms with Crippen LogP contribution >= 0.6 is 15.9 Å². The second-order valence-electron chi connectivity index (χ2n) is 5.07. The summed E-state index contributed by atoms with van der Waals surface area (Å²) in [5.74, 6) is 1.64. The lowest BCUT2D eigenvalue weighted by Crippen LogP contribution is -2.29. The van der Waals surface area contributed by atoms with Gasteiger partial charge in [0.25, 0.3) is 0 Å². The van der Waals surface area contributed by atoms with Gasteiger partial charge in [-0.05, 0) is 57.2 Å². The SMILES string of the molecule is CCN1CCC(CNC)C1c1cc(Br)ccc1OC. The van der Waals surface area contributed by atoms with Gasteiger partial charge in [0, 0.05) is 16.1 Å². The van der Waals surface area contributed by atoms with Crippen LogP contribution in [0.25, 0.3) is 0 Å². The normalized spacial score (nSPS) is 23.8. The van der Waals surface area contributed by atoms with E-state index >= 15 is 0 Å². The molecule has 1 aromatic carbocycles. The highest BCUT2D eigenvalue weighted by molar-refractivity contribution is 9.10. The van der Waals surface area contributed by atoms with E-state index in [0.29, 0.717) is 12.0 Å². The predicted molar refractivity (Wildman–Crippen MR) is 82.7 cm³/mol. The summed E-state index contributed by atoms with van der Waals surface area (Å²) >= 11 is 3.58. The van der Waals surface area contributed by atoms with Crippen molar-refractivity contribution < 1.29 is 4.74 Å². The Morgan fingerprint density at radius 1 is 1.47 bits per heavy atom. The maximum atomic E-state index is 5.56. The van der Waals surface area contributed by atoms with Gasteiger partial charge in [-0.15, -0.1) is 0 Å². The van der Waals surface area contributed by atoms with Crippen LogP contribution in [-0.2, 0) is 0 Å². The van der Waals surface area contributed by atoms with Gasteiger partial charge in [0.05, 0.1) is 7.11 Å². The quantitative estimate of drug-likeness (QED) is 0.900. The number of ether oxygens (including phenoxy) is 1. The number of nitrogens with one attached hydrogen (secondary N) is 1. The molecule has 2 atom stereocenters. The van der Waals surface area contributed by atoms with Crippen LogP contribution in [0.4, 0.5) is 0 Å². The Morgan fingerprint density at radius 3 is 2.89 bits per heavy atom. The average molecular weight is 327 g/mol. The molecule has 0 bridgehead atoms. The van der Waals surface area contributed by atoms with Crippen LogP contribution in [0.15, 0.2) is 22.7 Å². The largest absolute Gasteiger partial charge is 0.496 e. The molecule has 3 nitrogen and oxygen atoms in total. The molecule has 1 fully saturated rings. The number of nitrogens with zero attached hydrogens (tertiary/aromatic N) is 1. The van der Waals surface area contributed by atoms with E-state index in [0.717, 1.165) is 23.3 Å². The number of methoxy groups -OCH3 is 1. The third-order valence-corrected chi connectivity index (χ3v) is 4.50. The first-order chi connectivity index (χ1) is 9.21. The highest BCUT2D eigenvalue weighted by Crippen LogP contribution is 2.41.